The molecule has 1 aliphatic rings. The molecule has 0 saturated carbocycles. The van der Waals surface area contributed by atoms with Gasteiger partial charge in [0, 0.05) is 6.20 Å². The van der Waals surface area contributed by atoms with E-state index in [1.807, 2.05) is 60.7 Å². The van der Waals surface area contributed by atoms with E-state index >= 15 is 0 Å². The number of benzene rings is 1. The average molecular weight is 753 g/mol. The molecule has 39 heavy (non-hydrogen) atoms. The summed E-state index contributed by atoms with van der Waals surface area (Å²) < 4.78 is 59.2. The Morgan fingerprint density at radius 1 is 0.744 bits per heavy atom. The SMILES string of the molecule is CCCCN1C=CN(CCCC)[CH-]1.F[P-](F)(F)(F)(F)F.[Pt+4].[c-]1ccccc1-c1cccc(-c2ccccn2)n1. The van der Waals surface area contributed by atoms with E-state index in [2.05, 4.69) is 58.8 Å². The zero-order chi connectivity index (χ0) is 28.1. The molecule has 12 heteroatoms. The van der Waals surface area contributed by atoms with Crippen molar-refractivity contribution in [2.24, 2.45) is 0 Å². The van der Waals surface area contributed by atoms with Gasteiger partial charge in [-0.3, -0.25) is 9.97 Å². The Labute approximate surface area is 240 Å². The fraction of sp³-hybridized carbons (Fsp3) is 0.296. The molecular formula is C27H32F6N4PPt+. The summed E-state index contributed by atoms with van der Waals surface area (Å²) in [6.07, 6.45) is 11.2. The van der Waals surface area contributed by atoms with Crippen LogP contribution < -0.4 is 0 Å². The number of hydrogen-bond acceptors (Lipinski definition) is 4. The van der Waals surface area contributed by atoms with Crippen molar-refractivity contribution in [3.63, 3.8) is 0 Å². The molecular weight excluding hydrogens is 720 g/mol. The predicted octanol–water partition coefficient (Wildman–Crippen LogP) is 9.79. The molecule has 2 aromatic heterocycles. The molecule has 216 valence electrons. The van der Waals surface area contributed by atoms with Crippen molar-refractivity contribution in [3.05, 3.63) is 92.0 Å². The van der Waals surface area contributed by atoms with Crippen molar-refractivity contribution < 1.29 is 46.2 Å². The van der Waals surface area contributed by atoms with E-state index in [1.54, 1.807) is 6.20 Å². The summed E-state index contributed by atoms with van der Waals surface area (Å²) in [6, 6.07) is 22.8. The number of pyridine rings is 2. The van der Waals surface area contributed by atoms with E-state index in [0.29, 0.717) is 0 Å². The quantitative estimate of drug-likeness (QED) is 0.130. The van der Waals surface area contributed by atoms with Gasteiger partial charge in [-0.2, -0.15) is 6.67 Å². The first-order valence-electron chi connectivity index (χ1n) is 12.2. The van der Waals surface area contributed by atoms with Crippen LogP contribution in [0.1, 0.15) is 39.5 Å². The van der Waals surface area contributed by atoms with Crippen LogP contribution in [0.15, 0.2) is 79.3 Å². The van der Waals surface area contributed by atoms with E-state index < -0.39 is 7.81 Å². The maximum atomic E-state index is 9.87. The second-order valence-electron chi connectivity index (χ2n) is 8.45. The van der Waals surface area contributed by atoms with Crippen LogP contribution in [0.3, 0.4) is 0 Å². The number of nitrogens with zero attached hydrogens (tertiary/aromatic N) is 4. The van der Waals surface area contributed by atoms with Crippen LogP contribution in [0.4, 0.5) is 25.2 Å². The monoisotopic (exact) mass is 752 g/mol. The van der Waals surface area contributed by atoms with Gasteiger partial charge in [0.2, 0.25) is 0 Å². The molecule has 0 fully saturated rings. The van der Waals surface area contributed by atoms with Crippen LogP contribution in [-0.2, 0) is 21.1 Å². The standard InChI is InChI=1S/C16H11N2.C11H21N2.F6P.Pt/c1-2-7-13(8-3-1)14-10-6-11-16(18-14)15-9-4-5-12-17-15;1-3-5-7-12-9-10-13(11-12)8-6-4-2;1-7(2,3,4,5)6;/h1-7,9-12H;9-11H,3-8H2,1-2H3;;/q3*-1;+4. The fourth-order valence-electron chi connectivity index (χ4n) is 3.18. The van der Waals surface area contributed by atoms with Gasteiger partial charge in [0.15, 0.2) is 0 Å². The third kappa shape index (κ3) is 17.0. The first kappa shape index (κ1) is 34.6. The summed E-state index contributed by atoms with van der Waals surface area (Å²) in [5, 5.41) is 0. The molecule has 4 rings (SSSR count). The van der Waals surface area contributed by atoms with Crippen molar-refractivity contribution in [1.29, 1.82) is 0 Å². The zero-order valence-corrected chi connectivity index (χ0v) is 24.8. The van der Waals surface area contributed by atoms with Crippen molar-refractivity contribution >= 4 is 7.81 Å². The minimum absolute atomic E-state index is 0. The summed E-state index contributed by atoms with van der Waals surface area (Å²) in [5.74, 6) is 0. The van der Waals surface area contributed by atoms with E-state index in [1.165, 1.54) is 25.7 Å². The zero-order valence-electron chi connectivity index (χ0n) is 21.6. The van der Waals surface area contributed by atoms with Crippen LogP contribution in [0.5, 0.6) is 0 Å². The van der Waals surface area contributed by atoms with Crippen LogP contribution in [0, 0.1) is 12.7 Å². The van der Waals surface area contributed by atoms with Gasteiger partial charge >= 0.3 is 54.1 Å². The Bertz CT molecular complexity index is 1050. The van der Waals surface area contributed by atoms with Crippen molar-refractivity contribution in [2.75, 3.05) is 13.1 Å². The number of unbranched alkanes of at least 4 members (excludes halogenated alkanes) is 2. The van der Waals surface area contributed by atoms with Crippen LogP contribution >= 0.6 is 7.81 Å². The number of rotatable bonds is 8. The third-order valence-corrected chi connectivity index (χ3v) is 4.95. The fourth-order valence-corrected chi connectivity index (χ4v) is 3.18. The Kier molecular flexibility index (Phi) is 13.1. The second kappa shape index (κ2) is 14.8. The number of hydrogen-bond donors (Lipinski definition) is 0. The molecule has 0 spiro atoms. The molecule has 3 heterocycles. The predicted molar refractivity (Wildman–Crippen MR) is 142 cm³/mol. The van der Waals surface area contributed by atoms with Crippen molar-refractivity contribution in [2.45, 2.75) is 39.5 Å². The third-order valence-electron chi connectivity index (χ3n) is 4.95. The first-order valence-corrected chi connectivity index (χ1v) is 14.2. The Morgan fingerprint density at radius 3 is 1.77 bits per heavy atom. The Morgan fingerprint density at radius 2 is 1.28 bits per heavy atom. The van der Waals surface area contributed by atoms with E-state index in [-0.39, 0.29) is 21.1 Å². The first-order chi connectivity index (χ1) is 17.7. The summed E-state index contributed by atoms with van der Waals surface area (Å²) in [6.45, 7) is 9.00. The van der Waals surface area contributed by atoms with E-state index in [9.17, 15) is 25.2 Å². The second-order valence-corrected chi connectivity index (χ2v) is 10.4. The van der Waals surface area contributed by atoms with Crippen molar-refractivity contribution in [3.8, 4) is 22.6 Å². The molecule has 0 N–H and O–H groups in total. The molecule has 1 aromatic carbocycles. The maximum Gasteiger partial charge on any atom is 4.00 e. The molecule has 0 atom stereocenters. The summed E-state index contributed by atoms with van der Waals surface area (Å²) in [4.78, 5) is 13.5. The van der Waals surface area contributed by atoms with Crippen LogP contribution in [-0.4, -0.2) is 32.9 Å². The maximum absolute atomic E-state index is 10.7. The molecule has 0 unspecified atom stereocenters. The Balaban J connectivity index is 0.000000320. The van der Waals surface area contributed by atoms with Gasteiger partial charge in [0.25, 0.3) is 0 Å². The number of halogens is 6. The van der Waals surface area contributed by atoms with Gasteiger partial charge in [0.05, 0.1) is 11.4 Å². The van der Waals surface area contributed by atoms with Gasteiger partial charge in [-0.05, 0) is 62.2 Å². The molecule has 0 bridgehead atoms. The van der Waals surface area contributed by atoms with Gasteiger partial charge < -0.3 is 9.80 Å². The largest absolute Gasteiger partial charge is 4.00 e. The Hall–Kier alpha value is -2.44. The minimum atomic E-state index is -10.7. The minimum Gasteiger partial charge on any atom is -0.295 e. The average Bonchev–Trinajstić information content (AvgIpc) is 3.33. The smallest absolute Gasteiger partial charge is 0.295 e. The van der Waals surface area contributed by atoms with Crippen LogP contribution in [0.25, 0.3) is 22.6 Å². The van der Waals surface area contributed by atoms with E-state index in [0.717, 1.165) is 35.7 Å². The molecule has 0 radical (unpaired) electrons. The summed E-state index contributed by atoms with van der Waals surface area (Å²) >= 11 is 0. The normalized spacial score (nSPS) is 14.2. The summed E-state index contributed by atoms with van der Waals surface area (Å²) in [5.41, 5.74) is 3.68. The van der Waals surface area contributed by atoms with Gasteiger partial charge in [-0.15, -0.1) is 35.9 Å². The molecule has 0 amide bonds. The van der Waals surface area contributed by atoms with Crippen molar-refractivity contribution in [1.82, 2.24) is 19.8 Å². The molecule has 0 aliphatic carbocycles. The van der Waals surface area contributed by atoms with E-state index in [4.69, 9.17) is 0 Å². The van der Waals surface area contributed by atoms with Gasteiger partial charge in [-0.25, -0.2) is 0 Å². The summed E-state index contributed by atoms with van der Waals surface area (Å²) in [7, 11) is -10.7. The molecule has 0 saturated heterocycles. The molecule has 3 aromatic rings. The van der Waals surface area contributed by atoms with Gasteiger partial charge in [0.1, 0.15) is 0 Å². The van der Waals surface area contributed by atoms with Gasteiger partial charge in [-0.1, -0.05) is 44.9 Å². The van der Waals surface area contributed by atoms with Crippen LogP contribution in [0.2, 0.25) is 0 Å². The molecule has 1 aliphatic heterocycles. The molecule has 4 nitrogen and oxygen atoms in total. The number of aromatic nitrogens is 2. The topological polar surface area (TPSA) is 32.3 Å².